The average Bonchev–Trinajstić information content (AvgIpc) is 3.35. The van der Waals surface area contributed by atoms with Crippen molar-refractivity contribution in [2.75, 3.05) is 26.2 Å². The summed E-state index contributed by atoms with van der Waals surface area (Å²) in [4.78, 5) is 23.4. The normalized spacial score (nSPS) is 32.4. The van der Waals surface area contributed by atoms with Crippen LogP contribution in [-0.2, 0) is 4.74 Å². The van der Waals surface area contributed by atoms with Crippen LogP contribution in [0.4, 0.5) is 4.79 Å². The standard InChI is InChI=1S/C37H67N7O2/c1-25(2)10-8-11-26(3)30-14-15-31-29-13-12-27-24-28(16-18-36(27,4)32(29)17-19-37(30,31)5)46-35(45)44(23-9-21-43-34(40)41)22-7-6-20-42-33(38)39/h12,25-26,28-32H,6-11,13-24H2,1-5H3,(H4,38,39,42)(H4,40,41,43). The molecule has 0 aromatic rings. The molecule has 4 aliphatic rings. The van der Waals surface area contributed by atoms with Crippen LogP contribution in [0, 0.1) is 46.3 Å². The molecule has 1 amide bonds. The van der Waals surface area contributed by atoms with Gasteiger partial charge in [-0.15, -0.1) is 0 Å². The third kappa shape index (κ3) is 8.71. The van der Waals surface area contributed by atoms with Crippen LogP contribution in [0.5, 0.6) is 0 Å². The number of guanidine groups is 2. The molecule has 4 rings (SSSR count). The quantitative estimate of drug-likeness (QED) is 0.0687. The fraction of sp³-hybridized carbons (Fsp3) is 0.865. The number of rotatable bonds is 15. The van der Waals surface area contributed by atoms with Crippen LogP contribution in [0.3, 0.4) is 0 Å². The first kappa shape index (κ1) is 36.4. The van der Waals surface area contributed by atoms with Crippen molar-refractivity contribution in [3.63, 3.8) is 0 Å². The van der Waals surface area contributed by atoms with Crippen molar-refractivity contribution in [1.82, 2.24) is 4.90 Å². The largest absolute Gasteiger partial charge is 0.446 e. The zero-order valence-corrected chi connectivity index (χ0v) is 29.8. The lowest BCUT2D eigenvalue weighted by molar-refractivity contribution is -0.0593. The number of unbranched alkanes of at least 4 members (excludes halogenated alkanes) is 1. The topological polar surface area (TPSA) is 158 Å². The Balaban J connectivity index is 1.36. The second-order valence-corrected chi connectivity index (χ2v) is 16.2. The summed E-state index contributed by atoms with van der Waals surface area (Å²) in [5.41, 5.74) is 24.2. The number of carbonyl (C=O) groups is 1. The van der Waals surface area contributed by atoms with Gasteiger partial charge in [-0.2, -0.15) is 0 Å². The van der Waals surface area contributed by atoms with E-state index in [1.54, 1.807) is 10.5 Å². The van der Waals surface area contributed by atoms with E-state index in [1.165, 1.54) is 51.4 Å². The third-order valence-electron chi connectivity index (χ3n) is 12.8. The van der Waals surface area contributed by atoms with Gasteiger partial charge in [-0.3, -0.25) is 9.98 Å². The maximum atomic E-state index is 13.5. The van der Waals surface area contributed by atoms with E-state index in [4.69, 9.17) is 27.7 Å². The van der Waals surface area contributed by atoms with Crippen LogP contribution in [0.15, 0.2) is 21.6 Å². The van der Waals surface area contributed by atoms with E-state index in [2.05, 4.69) is 50.7 Å². The highest BCUT2D eigenvalue weighted by atomic mass is 16.6. The lowest BCUT2D eigenvalue weighted by atomic mass is 9.47. The second kappa shape index (κ2) is 16.1. The van der Waals surface area contributed by atoms with Gasteiger partial charge in [0.25, 0.3) is 0 Å². The van der Waals surface area contributed by atoms with Gasteiger partial charge in [-0.05, 0) is 111 Å². The first-order valence-electron chi connectivity index (χ1n) is 18.6. The Kier molecular flexibility index (Phi) is 12.7. The number of fused-ring (bicyclic) bond motifs is 5. The van der Waals surface area contributed by atoms with E-state index < -0.39 is 0 Å². The number of amides is 1. The van der Waals surface area contributed by atoms with Gasteiger partial charge in [0.2, 0.25) is 0 Å². The number of nitrogens with zero attached hydrogens (tertiary/aromatic N) is 3. The van der Waals surface area contributed by atoms with Crippen molar-refractivity contribution in [2.24, 2.45) is 79.3 Å². The molecule has 8 unspecified atom stereocenters. The first-order chi connectivity index (χ1) is 21.8. The van der Waals surface area contributed by atoms with Crippen LogP contribution in [0.2, 0.25) is 0 Å². The lowest BCUT2D eigenvalue weighted by Crippen LogP contribution is -2.51. The molecule has 9 heteroatoms. The Morgan fingerprint density at radius 2 is 1.59 bits per heavy atom. The summed E-state index contributed by atoms with van der Waals surface area (Å²) in [5, 5.41) is 0. The SMILES string of the molecule is CC(C)CCCC(C)C1CCC2C3CC=C4CC(OC(=O)N(CCCCN=C(N)N)CCCN=C(N)N)CCC4(C)C3CCC12C. The summed E-state index contributed by atoms with van der Waals surface area (Å²) in [6, 6.07) is 0. The minimum atomic E-state index is -0.234. The van der Waals surface area contributed by atoms with Crippen molar-refractivity contribution in [3.05, 3.63) is 11.6 Å². The minimum Gasteiger partial charge on any atom is -0.446 e. The van der Waals surface area contributed by atoms with Gasteiger partial charge in [-0.25, -0.2) is 4.79 Å². The molecule has 0 aromatic heterocycles. The minimum absolute atomic E-state index is 0.0679. The van der Waals surface area contributed by atoms with Gasteiger partial charge in [-0.1, -0.05) is 65.5 Å². The maximum Gasteiger partial charge on any atom is 0.410 e. The fourth-order valence-corrected chi connectivity index (χ4v) is 10.4. The van der Waals surface area contributed by atoms with Crippen molar-refractivity contribution >= 4 is 18.0 Å². The van der Waals surface area contributed by atoms with Crippen LogP contribution >= 0.6 is 0 Å². The fourth-order valence-electron chi connectivity index (χ4n) is 10.4. The molecule has 0 heterocycles. The number of hydrogen-bond acceptors (Lipinski definition) is 4. The highest BCUT2D eigenvalue weighted by Gasteiger charge is 2.59. The Morgan fingerprint density at radius 1 is 0.891 bits per heavy atom. The molecule has 0 spiro atoms. The second-order valence-electron chi connectivity index (χ2n) is 16.2. The van der Waals surface area contributed by atoms with Gasteiger partial charge in [0.15, 0.2) is 11.9 Å². The summed E-state index contributed by atoms with van der Waals surface area (Å²) in [5.74, 6) is 5.12. The predicted molar refractivity (Wildman–Crippen MR) is 190 cm³/mol. The number of ether oxygens (including phenoxy) is 1. The number of carbonyl (C=O) groups excluding carboxylic acids is 1. The van der Waals surface area contributed by atoms with E-state index in [0.29, 0.717) is 38.0 Å². The van der Waals surface area contributed by atoms with Crippen molar-refractivity contribution in [1.29, 1.82) is 0 Å². The van der Waals surface area contributed by atoms with Crippen LogP contribution < -0.4 is 22.9 Å². The van der Waals surface area contributed by atoms with E-state index in [1.807, 2.05) is 0 Å². The Morgan fingerprint density at radius 3 is 2.28 bits per heavy atom. The van der Waals surface area contributed by atoms with Crippen LogP contribution in [-0.4, -0.2) is 55.2 Å². The molecule has 0 aromatic carbocycles. The smallest absolute Gasteiger partial charge is 0.410 e. The molecule has 8 N–H and O–H groups in total. The molecule has 9 nitrogen and oxygen atoms in total. The molecule has 8 atom stereocenters. The molecule has 262 valence electrons. The number of nitrogens with two attached hydrogens (primary N) is 4. The highest BCUT2D eigenvalue weighted by Crippen LogP contribution is 2.67. The van der Waals surface area contributed by atoms with E-state index in [9.17, 15) is 4.79 Å². The molecule has 0 bridgehead atoms. The molecule has 46 heavy (non-hydrogen) atoms. The summed E-state index contributed by atoms with van der Waals surface area (Å²) >= 11 is 0. The van der Waals surface area contributed by atoms with Crippen molar-refractivity contribution in [2.45, 2.75) is 131 Å². The molecular formula is C37H67N7O2. The molecule has 3 saturated carbocycles. The summed E-state index contributed by atoms with van der Waals surface area (Å²) < 4.78 is 6.22. The van der Waals surface area contributed by atoms with E-state index in [0.717, 1.165) is 67.6 Å². The van der Waals surface area contributed by atoms with E-state index in [-0.39, 0.29) is 29.5 Å². The lowest BCUT2D eigenvalue weighted by Gasteiger charge is -2.58. The zero-order chi connectivity index (χ0) is 33.5. The monoisotopic (exact) mass is 642 g/mol. The molecule has 0 saturated heterocycles. The van der Waals surface area contributed by atoms with Gasteiger partial charge in [0.05, 0.1) is 0 Å². The number of hydrogen-bond donors (Lipinski definition) is 4. The molecule has 3 fully saturated rings. The molecule has 0 radical (unpaired) electrons. The molecular weight excluding hydrogens is 574 g/mol. The number of aliphatic imine (C=N–C) groups is 2. The Bertz CT molecular complexity index is 1100. The van der Waals surface area contributed by atoms with E-state index >= 15 is 0 Å². The van der Waals surface area contributed by atoms with Gasteiger partial charge < -0.3 is 32.6 Å². The maximum absolute atomic E-state index is 13.5. The highest BCUT2D eigenvalue weighted by molar-refractivity contribution is 5.76. The van der Waals surface area contributed by atoms with Gasteiger partial charge >= 0.3 is 6.09 Å². The Labute approximate surface area is 279 Å². The zero-order valence-electron chi connectivity index (χ0n) is 29.8. The van der Waals surface area contributed by atoms with Gasteiger partial charge in [0, 0.05) is 32.6 Å². The van der Waals surface area contributed by atoms with Crippen LogP contribution in [0.1, 0.15) is 125 Å². The van der Waals surface area contributed by atoms with Crippen molar-refractivity contribution < 1.29 is 9.53 Å². The number of allylic oxidation sites excluding steroid dienone is 1. The third-order valence-corrected chi connectivity index (χ3v) is 12.8. The van der Waals surface area contributed by atoms with Crippen LogP contribution in [0.25, 0.3) is 0 Å². The summed E-state index contributed by atoms with van der Waals surface area (Å²) in [7, 11) is 0. The average molecular weight is 642 g/mol. The summed E-state index contributed by atoms with van der Waals surface area (Å²) in [6.45, 7) is 14.7. The predicted octanol–water partition coefficient (Wildman–Crippen LogP) is 6.55. The summed E-state index contributed by atoms with van der Waals surface area (Å²) in [6.07, 6.45) is 18.4. The van der Waals surface area contributed by atoms with Gasteiger partial charge in [0.1, 0.15) is 6.10 Å². The van der Waals surface area contributed by atoms with Crippen molar-refractivity contribution in [3.8, 4) is 0 Å². The molecule has 4 aliphatic carbocycles. The first-order valence-corrected chi connectivity index (χ1v) is 18.6. The molecule has 0 aliphatic heterocycles. The Hall–Kier alpha value is -2.45.